The summed E-state index contributed by atoms with van der Waals surface area (Å²) in [5.74, 6) is 0.354. The zero-order valence-electron chi connectivity index (χ0n) is 17.9. The Morgan fingerprint density at radius 3 is 2.72 bits per heavy atom. The van der Waals surface area contributed by atoms with Crippen molar-refractivity contribution in [2.45, 2.75) is 32.9 Å². The van der Waals surface area contributed by atoms with Gasteiger partial charge >= 0.3 is 5.69 Å². The van der Waals surface area contributed by atoms with E-state index in [0.717, 1.165) is 30.6 Å². The summed E-state index contributed by atoms with van der Waals surface area (Å²) in [5.41, 5.74) is 4.48. The van der Waals surface area contributed by atoms with Gasteiger partial charge in [0.15, 0.2) is 5.82 Å². The van der Waals surface area contributed by atoms with Gasteiger partial charge in [-0.1, -0.05) is 49.4 Å². The number of nitrogens with one attached hydrogen (secondary N) is 1. The molecule has 1 aliphatic rings. The van der Waals surface area contributed by atoms with E-state index in [1.165, 1.54) is 20.2 Å². The maximum absolute atomic E-state index is 12.9. The van der Waals surface area contributed by atoms with Crippen LogP contribution in [0.15, 0.2) is 65.7 Å². The second-order valence-corrected chi connectivity index (χ2v) is 7.88. The zero-order chi connectivity index (χ0) is 22.1. The molecule has 32 heavy (non-hydrogen) atoms. The highest BCUT2D eigenvalue weighted by atomic mass is 16.2. The predicted molar refractivity (Wildman–Crippen MR) is 123 cm³/mol. The van der Waals surface area contributed by atoms with Crippen LogP contribution in [-0.4, -0.2) is 31.6 Å². The summed E-state index contributed by atoms with van der Waals surface area (Å²) in [7, 11) is 0. The third-order valence-electron chi connectivity index (χ3n) is 5.88. The molecule has 0 unspecified atom stereocenters. The molecule has 162 valence electrons. The fourth-order valence-corrected chi connectivity index (χ4v) is 4.21. The van der Waals surface area contributed by atoms with E-state index in [2.05, 4.69) is 38.5 Å². The summed E-state index contributed by atoms with van der Waals surface area (Å²) in [6.45, 7) is 3.36. The van der Waals surface area contributed by atoms with Crippen LogP contribution < -0.4 is 15.9 Å². The van der Waals surface area contributed by atoms with Crippen molar-refractivity contribution in [2.24, 2.45) is 0 Å². The summed E-state index contributed by atoms with van der Waals surface area (Å²) in [6.07, 6.45) is 4.91. The maximum Gasteiger partial charge on any atom is 0.350 e. The molecule has 0 radical (unpaired) electrons. The number of nitrogens with zero attached hydrogens (tertiary/aromatic N) is 5. The third kappa shape index (κ3) is 3.64. The molecule has 2 aromatic heterocycles. The molecule has 0 saturated carbocycles. The Morgan fingerprint density at radius 2 is 1.88 bits per heavy atom. The zero-order valence-corrected chi connectivity index (χ0v) is 17.9. The van der Waals surface area contributed by atoms with Crippen LogP contribution in [0, 0.1) is 0 Å². The fourth-order valence-electron chi connectivity index (χ4n) is 4.21. The number of para-hydroxylation sites is 1. The normalized spacial score (nSPS) is 13.2. The van der Waals surface area contributed by atoms with Crippen molar-refractivity contribution in [3.63, 3.8) is 0 Å². The molecule has 3 heterocycles. The number of hydrogen-bond donors (Lipinski definition) is 1. The first kappa shape index (κ1) is 20.0. The van der Waals surface area contributed by atoms with Crippen molar-refractivity contribution in [2.75, 3.05) is 16.8 Å². The Bertz CT molecular complexity index is 1360. The second kappa shape index (κ2) is 8.30. The van der Waals surface area contributed by atoms with Crippen LogP contribution >= 0.6 is 0 Å². The number of hydrogen-bond acceptors (Lipinski definition) is 5. The average Bonchev–Trinajstić information content (AvgIpc) is 3.14. The average molecular weight is 428 g/mol. The molecule has 4 aromatic rings. The van der Waals surface area contributed by atoms with Crippen LogP contribution in [0.5, 0.6) is 0 Å². The minimum atomic E-state index is -0.361. The van der Waals surface area contributed by atoms with Crippen LogP contribution in [0.25, 0.3) is 5.65 Å². The van der Waals surface area contributed by atoms with Gasteiger partial charge in [0.1, 0.15) is 6.54 Å². The Labute approximate surface area is 185 Å². The van der Waals surface area contributed by atoms with Crippen molar-refractivity contribution < 1.29 is 4.79 Å². The number of fused-ring (bicyclic) bond motifs is 2. The van der Waals surface area contributed by atoms with E-state index in [4.69, 9.17) is 0 Å². The Hall–Kier alpha value is -3.94. The topological polar surface area (TPSA) is 84.5 Å². The van der Waals surface area contributed by atoms with Gasteiger partial charge in [0.05, 0.1) is 0 Å². The highest BCUT2D eigenvalue weighted by molar-refractivity contribution is 5.91. The fraction of sp³-hybridized carbons (Fsp3) is 0.250. The van der Waals surface area contributed by atoms with Crippen molar-refractivity contribution in [3.05, 3.63) is 88.1 Å². The van der Waals surface area contributed by atoms with Gasteiger partial charge in [-0.3, -0.25) is 4.79 Å². The molecular formula is C24H24N6O2. The minimum absolute atomic E-state index is 0.166. The first-order chi connectivity index (χ1) is 15.6. The lowest BCUT2D eigenvalue weighted by Crippen LogP contribution is -2.31. The van der Waals surface area contributed by atoms with Crippen LogP contribution in [0.4, 0.5) is 11.5 Å². The van der Waals surface area contributed by atoms with E-state index < -0.39 is 0 Å². The SMILES string of the molecule is CCc1ccccc1NC(=O)Cn1nc2c(N3CCc4ccccc4C3)nccn2c1=O. The van der Waals surface area contributed by atoms with E-state index in [9.17, 15) is 9.59 Å². The van der Waals surface area contributed by atoms with E-state index in [1.807, 2.05) is 37.3 Å². The molecule has 1 N–H and O–H groups in total. The monoisotopic (exact) mass is 428 g/mol. The van der Waals surface area contributed by atoms with Crippen molar-refractivity contribution in [1.82, 2.24) is 19.2 Å². The quantitative estimate of drug-likeness (QED) is 0.528. The number of rotatable bonds is 5. The summed E-state index contributed by atoms with van der Waals surface area (Å²) in [5, 5.41) is 7.37. The number of amides is 1. The molecular weight excluding hydrogens is 404 g/mol. The second-order valence-electron chi connectivity index (χ2n) is 7.88. The number of benzene rings is 2. The number of aromatic nitrogens is 4. The van der Waals surface area contributed by atoms with Crippen LogP contribution in [-0.2, 0) is 30.7 Å². The predicted octanol–water partition coefficient (Wildman–Crippen LogP) is 2.65. The molecule has 0 atom stereocenters. The molecule has 0 fully saturated rings. The summed E-state index contributed by atoms with van der Waals surface area (Å²) in [4.78, 5) is 32.2. The van der Waals surface area contributed by atoms with Crippen molar-refractivity contribution >= 4 is 23.1 Å². The van der Waals surface area contributed by atoms with Gasteiger partial charge in [0.2, 0.25) is 11.6 Å². The Morgan fingerprint density at radius 1 is 1.09 bits per heavy atom. The van der Waals surface area contributed by atoms with Crippen LogP contribution in [0.2, 0.25) is 0 Å². The number of carbonyl (C=O) groups is 1. The van der Waals surface area contributed by atoms with Crippen LogP contribution in [0.1, 0.15) is 23.6 Å². The molecule has 2 aromatic carbocycles. The van der Waals surface area contributed by atoms with E-state index in [0.29, 0.717) is 18.0 Å². The minimum Gasteiger partial charge on any atom is -0.349 e. The van der Waals surface area contributed by atoms with Crippen LogP contribution in [0.3, 0.4) is 0 Å². The largest absolute Gasteiger partial charge is 0.350 e. The van der Waals surface area contributed by atoms with Gasteiger partial charge in [0.25, 0.3) is 0 Å². The molecule has 0 aliphatic carbocycles. The molecule has 0 saturated heterocycles. The number of aryl methyl sites for hydroxylation is 1. The van der Waals surface area contributed by atoms with Gasteiger partial charge < -0.3 is 10.2 Å². The lowest BCUT2D eigenvalue weighted by molar-refractivity contribution is -0.117. The summed E-state index contributed by atoms with van der Waals surface area (Å²) in [6, 6.07) is 16.0. The van der Waals surface area contributed by atoms with Gasteiger partial charge in [-0.25, -0.2) is 18.9 Å². The standard InChI is InChI=1S/C24H24N6O2/c1-2-17-7-5-6-10-20(17)26-21(31)16-30-24(32)29-14-12-25-22(23(29)27-30)28-13-11-18-8-3-4-9-19(18)15-28/h3-10,12,14H,2,11,13,15-16H2,1H3,(H,26,31). The van der Waals surface area contributed by atoms with E-state index >= 15 is 0 Å². The smallest absolute Gasteiger partial charge is 0.349 e. The molecule has 1 amide bonds. The molecule has 0 bridgehead atoms. The highest BCUT2D eigenvalue weighted by Crippen LogP contribution is 2.24. The van der Waals surface area contributed by atoms with Gasteiger partial charge in [-0.2, -0.15) is 0 Å². The van der Waals surface area contributed by atoms with Gasteiger partial charge in [-0.05, 0) is 35.6 Å². The summed E-state index contributed by atoms with van der Waals surface area (Å²) >= 11 is 0. The molecule has 1 aliphatic heterocycles. The number of anilines is 2. The van der Waals surface area contributed by atoms with E-state index in [-0.39, 0.29) is 18.1 Å². The molecule has 5 rings (SSSR count). The molecule has 8 nitrogen and oxygen atoms in total. The Balaban J connectivity index is 1.42. The van der Waals surface area contributed by atoms with Gasteiger partial charge in [0, 0.05) is 31.2 Å². The van der Waals surface area contributed by atoms with Crippen molar-refractivity contribution in [3.8, 4) is 0 Å². The lowest BCUT2D eigenvalue weighted by Gasteiger charge is -2.29. The first-order valence-corrected chi connectivity index (χ1v) is 10.8. The van der Waals surface area contributed by atoms with E-state index in [1.54, 1.807) is 12.4 Å². The van der Waals surface area contributed by atoms with Gasteiger partial charge in [-0.15, -0.1) is 5.10 Å². The van der Waals surface area contributed by atoms with Crippen molar-refractivity contribution in [1.29, 1.82) is 0 Å². The molecule has 0 spiro atoms. The highest BCUT2D eigenvalue weighted by Gasteiger charge is 2.22. The number of carbonyl (C=O) groups excluding carboxylic acids is 1. The first-order valence-electron chi connectivity index (χ1n) is 10.8. The maximum atomic E-state index is 12.9. The Kier molecular flexibility index (Phi) is 5.18. The third-order valence-corrected chi connectivity index (χ3v) is 5.88. The summed E-state index contributed by atoms with van der Waals surface area (Å²) < 4.78 is 2.65. The lowest BCUT2D eigenvalue weighted by atomic mass is 10.00. The molecule has 8 heteroatoms.